The molecule has 1 N–H and O–H groups in total. The Morgan fingerprint density at radius 3 is 2.83 bits per heavy atom. The first-order valence-corrected chi connectivity index (χ1v) is 20.5. The maximum Gasteiger partial charge on any atom is 0.286 e. The minimum atomic E-state index is -3.58. The number of methoxy groups -OCH3 is 1. The molecule has 2 aromatic carbocycles. The van der Waals surface area contributed by atoms with Gasteiger partial charge in [0.2, 0.25) is 5.88 Å². The van der Waals surface area contributed by atoms with Crippen molar-refractivity contribution < 1.29 is 28.0 Å². The summed E-state index contributed by atoms with van der Waals surface area (Å²) < 4.78 is 41.5. The summed E-state index contributed by atoms with van der Waals surface area (Å²) in [7, 11) is -1.81. The number of nitrogens with zero attached hydrogens (tertiary/aromatic N) is 4. The van der Waals surface area contributed by atoms with Crippen LogP contribution in [0.25, 0.3) is 0 Å². The van der Waals surface area contributed by atoms with Crippen molar-refractivity contribution in [3.8, 4) is 11.6 Å². The number of rotatable bonds is 3. The molecule has 3 aromatic rings. The first-order valence-electron chi connectivity index (χ1n) is 18.4. The van der Waals surface area contributed by atoms with Crippen LogP contribution in [0, 0.1) is 17.8 Å². The number of carbonyl (C=O) groups excluding carboxylic acids is 2. The zero-order chi connectivity index (χ0) is 36.0. The highest BCUT2D eigenvalue weighted by molar-refractivity contribution is 7.92. The topological polar surface area (TPSA) is 124 Å². The number of fused-ring (bicyclic) bond motifs is 5. The number of aromatic nitrogens is 2. The van der Waals surface area contributed by atoms with Crippen LogP contribution in [0.5, 0.6) is 11.6 Å². The van der Waals surface area contributed by atoms with E-state index in [4.69, 9.17) is 25.8 Å². The number of halogens is 1. The maximum atomic E-state index is 14.6. The highest BCUT2D eigenvalue weighted by Gasteiger charge is 2.44. The molecule has 2 amide bonds. The second kappa shape index (κ2) is 14.2. The van der Waals surface area contributed by atoms with Crippen molar-refractivity contribution in [1.82, 2.24) is 14.5 Å². The largest absolute Gasteiger partial charge is 0.490 e. The number of aryl methyl sites for hydroxylation is 2. The van der Waals surface area contributed by atoms with Crippen LogP contribution in [0.15, 0.2) is 59.0 Å². The monoisotopic (exact) mass is 747 g/mol. The van der Waals surface area contributed by atoms with Crippen molar-refractivity contribution in [3.63, 3.8) is 0 Å². The molecule has 3 aliphatic heterocycles. The molecule has 1 unspecified atom stereocenters. The van der Waals surface area contributed by atoms with E-state index in [1.807, 2.05) is 25.1 Å². The van der Waals surface area contributed by atoms with Gasteiger partial charge in [-0.2, -0.15) is 5.10 Å². The van der Waals surface area contributed by atoms with Crippen LogP contribution in [-0.2, 0) is 33.0 Å². The average Bonchev–Trinajstić information content (AvgIpc) is 3.49. The molecule has 1 aromatic heterocycles. The Balaban J connectivity index is 1.18. The lowest BCUT2D eigenvalue weighted by Gasteiger charge is -2.46. The molecule has 52 heavy (non-hydrogen) atoms. The number of carbonyl (C=O) groups is 2. The molecule has 13 heteroatoms. The molecule has 6 atom stereocenters. The Bertz CT molecular complexity index is 2020. The molecule has 4 heterocycles. The second-order valence-electron chi connectivity index (χ2n) is 15.2. The van der Waals surface area contributed by atoms with E-state index in [2.05, 4.69) is 43.4 Å². The van der Waals surface area contributed by atoms with Crippen LogP contribution >= 0.6 is 11.6 Å². The van der Waals surface area contributed by atoms with Gasteiger partial charge in [0, 0.05) is 55.2 Å². The first kappa shape index (κ1) is 35.2. The zero-order valence-corrected chi connectivity index (χ0v) is 31.3. The van der Waals surface area contributed by atoms with Gasteiger partial charge in [-0.15, -0.1) is 4.36 Å². The van der Waals surface area contributed by atoms with Gasteiger partial charge < -0.3 is 19.1 Å². The van der Waals surface area contributed by atoms with E-state index in [0.717, 1.165) is 55.8 Å². The highest BCUT2D eigenvalue weighted by atomic mass is 35.5. The van der Waals surface area contributed by atoms with Crippen LogP contribution in [0.1, 0.15) is 77.4 Å². The average molecular weight is 748 g/mol. The minimum Gasteiger partial charge on any atom is -0.490 e. The van der Waals surface area contributed by atoms with Crippen LogP contribution in [0.2, 0.25) is 5.02 Å². The van der Waals surface area contributed by atoms with E-state index in [1.54, 1.807) is 17.9 Å². The Morgan fingerprint density at radius 1 is 1.13 bits per heavy atom. The molecule has 1 spiro atoms. The fourth-order valence-corrected chi connectivity index (χ4v) is 10.8. The van der Waals surface area contributed by atoms with Crippen molar-refractivity contribution in [1.29, 1.82) is 0 Å². The number of allylic oxidation sites excluding steroid dienone is 1. The summed E-state index contributed by atoms with van der Waals surface area (Å²) in [5.41, 5.74) is 3.43. The van der Waals surface area contributed by atoms with Crippen molar-refractivity contribution >= 4 is 39.0 Å². The van der Waals surface area contributed by atoms with Crippen molar-refractivity contribution in [2.75, 3.05) is 44.1 Å². The number of nitrogens with one attached hydrogen (secondary N) is 1. The standard InChI is InChI=1S/C39H46ClN5O6S/c1-25-6-3-8-34(49-2)30-12-9-28(30)21-44-23-39(15-4-7-26-18-29(40)11-13-31(26)39)24-51-35-14-10-27(19-33(35)44)37(46)42-52(48,22-25)43-38(47)32-20-36-45(41-32)16-5-17-50-36/h3,8,10-11,13-14,18-20,25,28,30,34H,4-7,9,12,15-17,21-24H2,1-2H3,(H,42,43,46,47,48)/b8-3+/t25-,28-,30+,34-,39-,52?/m0/s1. The van der Waals surface area contributed by atoms with E-state index in [-0.39, 0.29) is 34.4 Å². The van der Waals surface area contributed by atoms with Crippen LogP contribution in [0.3, 0.4) is 0 Å². The van der Waals surface area contributed by atoms with Gasteiger partial charge in [-0.25, -0.2) is 8.89 Å². The number of amides is 2. The minimum absolute atomic E-state index is 0.0191. The van der Waals surface area contributed by atoms with Gasteiger partial charge in [0.25, 0.3) is 11.8 Å². The maximum absolute atomic E-state index is 14.6. The summed E-state index contributed by atoms with van der Waals surface area (Å²) in [6.45, 7) is 5.09. The molecular weight excluding hydrogens is 702 g/mol. The molecule has 11 nitrogen and oxygen atoms in total. The SMILES string of the molecule is CO[C@H]1/C=C/C[C@H](C)CS(=O)(NC(=O)c2cc3n(n2)CCCO3)=NC(=O)c2ccc3c(c2)N(C[C@@H]2CC[C@H]21)C[C@@]1(CCCc2cc(Cl)ccc21)CO3. The molecule has 0 radical (unpaired) electrons. The van der Waals surface area contributed by atoms with Gasteiger partial charge in [-0.3, -0.25) is 14.3 Å². The summed E-state index contributed by atoms with van der Waals surface area (Å²) in [5.74, 6) is 0.385. The molecule has 276 valence electrons. The van der Waals surface area contributed by atoms with Gasteiger partial charge >= 0.3 is 0 Å². The smallest absolute Gasteiger partial charge is 0.286 e. The summed E-state index contributed by atoms with van der Waals surface area (Å²) in [6, 6.07) is 13.1. The summed E-state index contributed by atoms with van der Waals surface area (Å²) in [6.07, 6.45) is 10.6. The summed E-state index contributed by atoms with van der Waals surface area (Å²) >= 11 is 6.46. The Kier molecular flexibility index (Phi) is 9.59. The third kappa shape index (κ3) is 6.85. The van der Waals surface area contributed by atoms with Gasteiger partial charge in [0.05, 0.1) is 30.8 Å². The number of ether oxygens (including phenoxy) is 3. The van der Waals surface area contributed by atoms with Gasteiger partial charge in [0.15, 0.2) is 5.69 Å². The number of hydrogen-bond donors (Lipinski definition) is 1. The number of anilines is 1. The Labute approximate surface area is 310 Å². The fraction of sp³-hybridized carbons (Fsp3) is 0.513. The lowest BCUT2D eigenvalue weighted by atomic mass is 9.68. The second-order valence-corrected chi connectivity index (χ2v) is 17.6. The van der Waals surface area contributed by atoms with Gasteiger partial charge in [0.1, 0.15) is 15.7 Å². The molecule has 1 saturated carbocycles. The highest BCUT2D eigenvalue weighted by Crippen LogP contribution is 2.47. The zero-order valence-electron chi connectivity index (χ0n) is 29.7. The van der Waals surface area contributed by atoms with Crippen molar-refractivity contribution in [3.05, 3.63) is 82.0 Å². The normalized spacial score (nSPS) is 30.6. The number of hydrogen-bond acceptors (Lipinski definition) is 8. The molecule has 2 aliphatic carbocycles. The van der Waals surface area contributed by atoms with E-state index < -0.39 is 21.7 Å². The third-order valence-corrected chi connectivity index (χ3v) is 13.7. The van der Waals surface area contributed by atoms with Crippen molar-refractivity contribution in [2.24, 2.45) is 22.1 Å². The molecule has 8 rings (SSSR count). The van der Waals surface area contributed by atoms with Crippen LogP contribution < -0.4 is 19.1 Å². The molecule has 5 aliphatic rings. The predicted molar refractivity (Wildman–Crippen MR) is 200 cm³/mol. The van der Waals surface area contributed by atoms with Crippen molar-refractivity contribution in [2.45, 2.75) is 69.9 Å². The third-order valence-electron chi connectivity index (χ3n) is 11.5. The number of benzene rings is 2. The summed E-state index contributed by atoms with van der Waals surface area (Å²) in [5, 5.41) is 5.10. The van der Waals surface area contributed by atoms with E-state index in [9.17, 15) is 13.8 Å². The lowest BCUT2D eigenvalue weighted by Crippen LogP contribution is -2.49. The first-order chi connectivity index (χ1) is 25.1. The lowest BCUT2D eigenvalue weighted by molar-refractivity contribution is 0.0131. The van der Waals surface area contributed by atoms with Gasteiger partial charge in [-0.1, -0.05) is 36.7 Å². The fourth-order valence-electron chi connectivity index (χ4n) is 8.74. The molecule has 0 saturated heterocycles. The summed E-state index contributed by atoms with van der Waals surface area (Å²) in [4.78, 5) is 29.9. The van der Waals surface area contributed by atoms with Gasteiger partial charge in [-0.05, 0) is 97.7 Å². The Morgan fingerprint density at radius 2 is 2.02 bits per heavy atom. The quantitative estimate of drug-likeness (QED) is 0.306. The predicted octanol–water partition coefficient (Wildman–Crippen LogP) is 6.38. The van der Waals surface area contributed by atoms with E-state index in [1.165, 1.54) is 17.2 Å². The molecule has 1 fully saturated rings. The Hall–Kier alpha value is -3.87. The van der Waals surface area contributed by atoms with Crippen LogP contribution in [-0.4, -0.2) is 71.1 Å². The van der Waals surface area contributed by atoms with E-state index >= 15 is 0 Å². The van der Waals surface area contributed by atoms with Crippen LogP contribution in [0.4, 0.5) is 5.69 Å². The molecular formula is C39H46ClN5O6S. The van der Waals surface area contributed by atoms with E-state index in [0.29, 0.717) is 56.2 Å². The molecule has 2 bridgehead atoms.